The van der Waals surface area contributed by atoms with Gasteiger partial charge in [0.1, 0.15) is 6.33 Å². The summed E-state index contributed by atoms with van der Waals surface area (Å²) in [6.07, 6.45) is 4.67. The van der Waals surface area contributed by atoms with E-state index in [4.69, 9.17) is 0 Å². The van der Waals surface area contributed by atoms with E-state index in [1.165, 1.54) is 15.8 Å². The van der Waals surface area contributed by atoms with Crippen LogP contribution in [0.1, 0.15) is 34.3 Å². The molecule has 1 aliphatic carbocycles. The van der Waals surface area contributed by atoms with Gasteiger partial charge in [-0.15, -0.1) is 11.3 Å². The van der Waals surface area contributed by atoms with Crippen LogP contribution >= 0.6 is 11.3 Å². The molecule has 0 saturated carbocycles. The van der Waals surface area contributed by atoms with Gasteiger partial charge in [0, 0.05) is 10.4 Å². The molecular formula is C23H20N4O2S. The molecule has 1 unspecified atom stereocenters. The Hall–Kier alpha value is -3.32. The van der Waals surface area contributed by atoms with Gasteiger partial charge < -0.3 is 0 Å². The molecule has 0 bridgehead atoms. The number of aromatic nitrogens is 3. The summed E-state index contributed by atoms with van der Waals surface area (Å²) in [5.74, 6) is 0.465. The molecule has 150 valence electrons. The molecule has 1 N–H and O–H groups in total. The van der Waals surface area contributed by atoms with Crippen molar-refractivity contribution in [2.75, 3.05) is 5.32 Å². The van der Waals surface area contributed by atoms with Crippen LogP contribution < -0.4 is 10.9 Å². The largest absolute Gasteiger partial charge is 0.298 e. The molecule has 5 rings (SSSR count). The summed E-state index contributed by atoms with van der Waals surface area (Å²) in [4.78, 5) is 35.6. The van der Waals surface area contributed by atoms with Gasteiger partial charge in [-0.05, 0) is 61.6 Å². The summed E-state index contributed by atoms with van der Waals surface area (Å²) in [5.41, 5.74) is 2.82. The van der Waals surface area contributed by atoms with Crippen LogP contribution in [0.15, 0.2) is 59.7 Å². The standard InChI is InChI=1S/C23H20N4O2S/c1-14-6-11-19-20(12-14)30-23(25-19)26-21(28)15-7-9-16(10-8-15)27-13-24-18-5-3-2-4-17(18)22(27)29/h2-5,7-10,13-14H,6,11-12H2,1H3,(H,25,26,28). The quantitative estimate of drug-likeness (QED) is 0.542. The third kappa shape index (κ3) is 3.41. The van der Waals surface area contributed by atoms with Crippen molar-refractivity contribution in [3.63, 3.8) is 0 Å². The number of fused-ring (bicyclic) bond motifs is 2. The molecule has 2 aromatic heterocycles. The highest BCUT2D eigenvalue weighted by atomic mass is 32.1. The van der Waals surface area contributed by atoms with Crippen LogP contribution in [-0.2, 0) is 12.8 Å². The molecule has 6 nitrogen and oxygen atoms in total. The van der Waals surface area contributed by atoms with Crippen molar-refractivity contribution in [3.8, 4) is 5.69 Å². The highest BCUT2D eigenvalue weighted by Gasteiger charge is 2.20. The van der Waals surface area contributed by atoms with E-state index in [0.29, 0.717) is 33.2 Å². The molecule has 7 heteroatoms. The van der Waals surface area contributed by atoms with Crippen LogP contribution in [0.25, 0.3) is 16.6 Å². The van der Waals surface area contributed by atoms with E-state index in [9.17, 15) is 9.59 Å². The number of aryl methyl sites for hydroxylation is 1. The van der Waals surface area contributed by atoms with Gasteiger partial charge in [-0.1, -0.05) is 19.1 Å². The zero-order valence-electron chi connectivity index (χ0n) is 16.5. The molecule has 2 heterocycles. The lowest BCUT2D eigenvalue weighted by atomic mass is 9.93. The van der Waals surface area contributed by atoms with Gasteiger partial charge in [-0.2, -0.15) is 0 Å². The first-order valence-electron chi connectivity index (χ1n) is 9.95. The van der Waals surface area contributed by atoms with Crippen LogP contribution in [0.5, 0.6) is 0 Å². The molecule has 0 radical (unpaired) electrons. The zero-order valence-corrected chi connectivity index (χ0v) is 17.3. The van der Waals surface area contributed by atoms with Gasteiger partial charge in [0.15, 0.2) is 5.13 Å². The monoisotopic (exact) mass is 416 g/mol. The van der Waals surface area contributed by atoms with E-state index in [1.54, 1.807) is 41.7 Å². The number of rotatable bonds is 3. The number of nitrogens with one attached hydrogen (secondary N) is 1. The number of carbonyl (C=O) groups excluding carboxylic acids is 1. The van der Waals surface area contributed by atoms with Crippen LogP contribution in [0.2, 0.25) is 0 Å². The van der Waals surface area contributed by atoms with Crippen LogP contribution in [0.4, 0.5) is 5.13 Å². The summed E-state index contributed by atoms with van der Waals surface area (Å²) in [5, 5.41) is 4.12. The van der Waals surface area contributed by atoms with Crippen molar-refractivity contribution >= 4 is 33.3 Å². The fraction of sp³-hybridized carbons (Fsp3) is 0.217. The fourth-order valence-corrected chi connectivity index (χ4v) is 4.96. The second-order valence-corrected chi connectivity index (χ2v) is 8.76. The third-order valence-electron chi connectivity index (χ3n) is 5.48. The summed E-state index contributed by atoms with van der Waals surface area (Å²) in [7, 11) is 0. The van der Waals surface area contributed by atoms with Gasteiger partial charge in [0.05, 0.1) is 22.3 Å². The molecule has 0 saturated heterocycles. The molecule has 0 fully saturated rings. The zero-order chi connectivity index (χ0) is 20.7. The predicted octanol–water partition coefficient (Wildman–Crippen LogP) is 4.22. The number of anilines is 1. The molecule has 2 aromatic carbocycles. The van der Waals surface area contributed by atoms with Gasteiger partial charge in [-0.3, -0.25) is 19.5 Å². The second kappa shape index (κ2) is 7.50. The Labute approximate surface area is 177 Å². The number of amides is 1. The Morgan fingerprint density at radius 1 is 1.17 bits per heavy atom. The van der Waals surface area contributed by atoms with Crippen molar-refractivity contribution in [1.82, 2.24) is 14.5 Å². The summed E-state index contributed by atoms with van der Waals surface area (Å²) in [6, 6.07) is 14.2. The molecule has 0 aliphatic heterocycles. The van der Waals surface area contributed by atoms with Crippen molar-refractivity contribution in [2.45, 2.75) is 26.2 Å². The van der Waals surface area contributed by atoms with Crippen LogP contribution in [0.3, 0.4) is 0 Å². The Kier molecular flexibility index (Phi) is 4.67. The maximum Gasteiger partial charge on any atom is 0.265 e. The molecule has 1 amide bonds. The van der Waals surface area contributed by atoms with Gasteiger partial charge in [0.2, 0.25) is 0 Å². The molecule has 1 atom stereocenters. The maximum absolute atomic E-state index is 12.7. The Morgan fingerprint density at radius 3 is 2.80 bits per heavy atom. The van der Waals surface area contributed by atoms with E-state index in [1.807, 2.05) is 18.2 Å². The number of thiazole rings is 1. The number of benzene rings is 2. The topological polar surface area (TPSA) is 76.9 Å². The second-order valence-electron chi connectivity index (χ2n) is 7.67. The molecular weight excluding hydrogens is 396 g/mol. The molecule has 30 heavy (non-hydrogen) atoms. The number of nitrogens with zero attached hydrogens (tertiary/aromatic N) is 3. The first kappa shape index (κ1) is 18.7. The lowest BCUT2D eigenvalue weighted by molar-refractivity contribution is 0.102. The SMILES string of the molecule is CC1CCc2nc(NC(=O)c3ccc(-n4cnc5ccccc5c4=O)cc3)sc2C1. The van der Waals surface area contributed by atoms with Crippen molar-refractivity contribution in [1.29, 1.82) is 0 Å². The normalized spacial score (nSPS) is 15.7. The minimum atomic E-state index is -0.204. The minimum Gasteiger partial charge on any atom is -0.298 e. The summed E-state index contributed by atoms with van der Waals surface area (Å²) < 4.78 is 1.49. The van der Waals surface area contributed by atoms with E-state index in [-0.39, 0.29) is 11.5 Å². The average molecular weight is 417 g/mol. The van der Waals surface area contributed by atoms with Crippen molar-refractivity contribution < 1.29 is 4.79 Å². The van der Waals surface area contributed by atoms with Crippen molar-refractivity contribution in [2.24, 2.45) is 5.92 Å². The predicted molar refractivity (Wildman–Crippen MR) is 119 cm³/mol. The molecule has 4 aromatic rings. The average Bonchev–Trinajstić information content (AvgIpc) is 3.15. The first-order valence-corrected chi connectivity index (χ1v) is 10.8. The minimum absolute atomic E-state index is 0.139. The third-order valence-corrected chi connectivity index (χ3v) is 6.52. The smallest absolute Gasteiger partial charge is 0.265 e. The summed E-state index contributed by atoms with van der Waals surface area (Å²) in [6.45, 7) is 2.25. The summed E-state index contributed by atoms with van der Waals surface area (Å²) >= 11 is 1.57. The first-order chi connectivity index (χ1) is 14.6. The van der Waals surface area contributed by atoms with Crippen molar-refractivity contribution in [3.05, 3.63) is 81.3 Å². The number of hydrogen-bond acceptors (Lipinski definition) is 5. The Bertz CT molecular complexity index is 1310. The lowest BCUT2D eigenvalue weighted by Gasteiger charge is -2.15. The van der Waals surface area contributed by atoms with E-state index < -0.39 is 0 Å². The Balaban J connectivity index is 1.37. The van der Waals surface area contributed by atoms with E-state index in [0.717, 1.165) is 25.0 Å². The number of hydrogen-bond donors (Lipinski definition) is 1. The molecule has 0 spiro atoms. The number of para-hydroxylation sites is 1. The highest BCUT2D eigenvalue weighted by molar-refractivity contribution is 7.15. The maximum atomic E-state index is 12.7. The van der Waals surface area contributed by atoms with Gasteiger partial charge in [0.25, 0.3) is 11.5 Å². The van der Waals surface area contributed by atoms with Crippen LogP contribution in [-0.4, -0.2) is 20.4 Å². The van der Waals surface area contributed by atoms with Gasteiger partial charge in [-0.25, -0.2) is 9.97 Å². The molecule has 1 aliphatic rings. The van der Waals surface area contributed by atoms with Crippen LogP contribution in [0, 0.1) is 5.92 Å². The Morgan fingerprint density at radius 2 is 1.97 bits per heavy atom. The fourth-order valence-electron chi connectivity index (χ4n) is 3.79. The van der Waals surface area contributed by atoms with Gasteiger partial charge >= 0.3 is 0 Å². The highest BCUT2D eigenvalue weighted by Crippen LogP contribution is 2.32. The van der Waals surface area contributed by atoms with E-state index in [2.05, 4.69) is 22.2 Å². The number of carbonyl (C=O) groups is 1. The van der Waals surface area contributed by atoms with E-state index >= 15 is 0 Å². The lowest BCUT2D eigenvalue weighted by Crippen LogP contribution is -2.19.